The summed E-state index contributed by atoms with van der Waals surface area (Å²) in [4.78, 5) is 72.6. The quantitative estimate of drug-likeness (QED) is 0.348. The predicted molar refractivity (Wildman–Crippen MR) is 197 cm³/mol. The Morgan fingerprint density at radius 2 is 1.76 bits per heavy atom. The molecule has 5 atom stereocenters. The van der Waals surface area contributed by atoms with E-state index in [2.05, 4.69) is 28.0 Å². The van der Waals surface area contributed by atoms with Crippen molar-refractivity contribution in [1.82, 2.24) is 25.2 Å². The highest BCUT2D eigenvalue weighted by Gasteiger charge is 2.62. The van der Waals surface area contributed by atoms with Gasteiger partial charge in [0.25, 0.3) is 5.91 Å². The van der Waals surface area contributed by atoms with E-state index in [-0.39, 0.29) is 37.3 Å². The van der Waals surface area contributed by atoms with Crippen LogP contribution in [0.2, 0.25) is 0 Å². The molecule has 3 aliphatic carbocycles. The van der Waals surface area contributed by atoms with Gasteiger partial charge in [0.05, 0.1) is 18.4 Å². The van der Waals surface area contributed by atoms with Crippen molar-refractivity contribution >= 4 is 39.9 Å². The molecule has 3 aliphatic heterocycles. The Morgan fingerprint density at radius 1 is 1.02 bits per heavy atom. The molecular weight excluding hydrogens is 715 g/mol. The first-order chi connectivity index (χ1) is 25.7. The second kappa shape index (κ2) is 14.8. The fraction of sp³-hybridized carbons (Fsp3) is 0.667. The average molecular weight is 768 g/mol. The fourth-order valence-electron chi connectivity index (χ4n) is 8.75. The zero-order valence-electron chi connectivity index (χ0n) is 31.3. The first-order valence-electron chi connectivity index (χ1n) is 19.5. The topological polar surface area (TPSA) is 181 Å². The third-order valence-electron chi connectivity index (χ3n) is 12.3. The van der Waals surface area contributed by atoms with Crippen LogP contribution in [0.25, 0.3) is 0 Å². The largest absolute Gasteiger partial charge is 0.449 e. The Balaban J connectivity index is 1.17. The first kappa shape index (κ1) is 38.1. The number of hydrogen-bond donors (Lipinski definition) is 3. The van der Waals surface area contributed by atoms with E-state index in [4.69, 9.17) is 9.47 Å². The van der Waals surface area contributed by atoms with E-state index in [1.54, 1.807) is 4.90 Å². The van der Waals surface area contributed by atoms with Crippen LogP contribution in [0.15, 0.2) is 30.9 Å². The third kappa shape index (κ3) is 7.97. The Kier molecular flexibility index (Phi) is 10.5. The van der Waals surface area contributed by atoms with Gasteiger partial charge in [-0.05, 0) is 79.4 Å². The summed E-state index contributed by atoms with van der Waals surface area (Å²) < 4.78 is 39.4. The van der Waals surface area contributed by atoms with Gasteiger partial charge in [0.15, 0.2) is 0 Å². The number of carbonyl (C=O) groups is 5. The van der Waals surface area contributed by atoms with E-state index >= 15 is 0 Å². The molecule has 14 nitrogen and oxygen atoms in total. The van der Waals surface area contributed by atoms with E-state index in [0.29, 0.717) is 38.8 Å². The Bertz CT molecular complexity index is 1810. The number of nitrogens with zero attached hydrogens (tertiary/aromatic N) is 2. The summed E-state index contributed by atoms with van der Waals surface area (Å²) >= 11 is 0. The average Bonchev–Trinajstić information content (AvgIpc) is 4.03. The predicted octanol–water partition coefficient (Wildman–Crippen LogP) is 3.82. The van der Waals surface area contributed by atoms with Crippen molar-refractivity contribution in [1.29, 1.82) is 0 Å². The maximum absolute atomic E-state index is 14.7. The molecule has 6 aliphatic rings. The molecule has 1 saturated heterocycles. The van der Waals surface area contributed by atoms with Crippen LogP contribution in [0.4, 0.5) is 9.59 Å². The maximum Gasteiger partial charge on any atom is 0.410 e. The Labute approximate surface area is 317 Å². The summed E-state index contributed by atoms with van der Waals surface area (Å²) in [5.74, 6) is -2.77. The summed E-state index contributed by atoms with van der Waals surface area (Å²) in [6, 6.07) is 3.90. The Hall–Kier alpha value is -4.14. The molecule has 4 bridgehead atoms. The first-order valence-corrected chi connectivity index (χ1v) is 21.0. The highest BCUT2D eigenvalue weighted by molar-refractivity contribution is 7.91. The normalized spacial score (nSPS) is 30.5. The Morgan fingerprint density at radius 3 is 2.46 bits per heavy atom. The number of alkyl carbamates (subject to hydrolysis) is 1. The molecule has 1 aromatic rings. The van der Waals surface area contributed by atoms with Gasteiger partial charge in [-0.1, -0.05) is 57.4 Å². The molecule has 3 saturated carbocycles. The molecule has 3 N–H and O–H groups in total. The van der Waals surface area contributed by atoms with Crippen LogP contribution in [0.1, 0.15) is 101 Å². The third-order valence-corrected chi connectivity index (χ3v) is 14.1. The number of fused-ring (bicyclic) bond motifs is 3. The van der Waals surface area contributed by atoms with Gasteiger partial charge in [0.2, 0.25) is 21.8 Å². The van der Waals surface area contributed by atoms with E-state index in [0.717, 1.165) is 55.2 Å². The molecule has 15 heteroatoms. The van der Waals surface area contributed by atoms with Crippen molar-refractivity contribution in [2.75, 3.05) is 13.2 Å². The van der Waals surface area contributed by atoms with E-state index in [1.807, 2.05) is 26.0 Å². The maximum atomic E-state index is 14.7. The molecule has 1 aromatic carbocycles. The van der Waals surface area contributed by atoms with E-state index < -0.39 is 74.8 Å². The number of rotatable bonds is 7. The van der Waals surface area contributed by atoms with Crippen LogP contribution in [0.3, 0.4) is 0 Å². The number of nitrogens with one attached hydrogen (secondary N) is 3. The molecular formula is C39H53N5O9S. The summed E-state index contributed by atoms with van der Waals surface area (Å²) in [6.07, 6.45) is 6.96. The summed E-state index contributed by atoms with van der Waals surface area (Å²) in [5.41, 5.74) is 1.38. The molecule has 4 fully saturated rings. The molecule has 0 unspecified atom stereocenters. The van der Waals surface area contributed by atoms with E-state index in [1.165, 1.54) is 11.0 Å². The van der Waals surface area contributed by atoms with Crippen LogP contribution in [-0.4, -0.2) is 90.3 Å². The fourth-order valence-corrected chi connectivity index (χ4v) is 10.1. The SMILES string of the molecule is C=C[C@@H]1C[C@@]1(NC(=O)[C@@H]1C[C@@H]2CN1C(=O)[C@H](C1CCCCC1)NC(=O)OCC(C)(C)CCCc1cccc3c1CN(C3)C(=O)O2)C(=O)NS(=O)(=O)C1CC1. The van der Waals surface area contributed by atoms with Crippen molar-refractivity contribution < 1.29 is 41.9 Å². The number of sulfonamides is 1. The molecule has 3 heterocycles. The molecule has 0 spiro atoms. The number of aryl methyl sites for hydroxylation is 1. The van der Waals surface area contributed by atoms with Crippen molar-refractivity contribution in [3.8, 4) is 0 Å². The summed E-state index contributed by atoms with van der Waals surface area (Å²) in [6.45, 7) is 8.65. The summed E-state index contributed by atoms with van der Waals surface area (Å²) in [7, 11) is -3.90. The number of cyclic esters (lactones) is 1. The van der Waals surface area contributed by atoms with Crippen LogP contribution in [-0.2, 0) is 53.4 Å². The second-order valence-corrected chi connectivity index (χ2v) is 18.9. The van der Waals surface area contributed by atoms with Gasteiger partial charge >= 0.3 is 12.2 Å². The zero-order valence-corrected chi connectivity index (χ0v) is 32.1. The lowest BCUT2D eigenvalue weighted by molar-refractivity contribution is -0.142. The van der Waals surface area contributed by atoms with Gasteiger partial charge in [-0.3, -0.25) is 24.0 Å². The zero-order chi connectivity index (χ0) is 38.4. The monoisotopic (exact) mass is 767 g/mol. The van der Waals surface area contributed by atoms with Crippen LogP contribution in [0.5, 0.6) is 0 Å². The second-order valence-electron chi connectivity index (χ2n) is 17.0. The molecule has 5 amide bonds. The number of carbonyl (C=O) groups excluding carboxylic acids is 5. The number of ether oxygens (including phenoxy) is 2. The number of amides is 5. The highest BCUT2D eigenvalue weighted by atomic mass is 32.2. The van der Waals surface area contributed by atoms with Gasteiger partial charge in [0.1, 0.15) is 23.7 Å². The molecule has 0 radical (unpaired) electrons. The molecule has 0 aromatic heterocycles. The molecule has 294 valence electrons. The molecule has 7 rings (SSSR count). The molecule has 54 heavy (non-hydrogen) atoms. The van der Waals surface area contributed by atoms with Crippen molar-refractivity contribution in [3.05, 3.63) is 47.5 Å². The lowest BCUT2D eigenvalue weighted by Gasteiger charge is -2.35. The van der Waals surface area contributed by atoms with E-state index in [9.17, 15) is 32.4 Å². The van der Waals surface area contributed by atoms with Gasteiger partial charge in [-0.15, -0.1) is 6.58 Å². The van der Waals surface area contributed by atoms with Crippen molar-refractivity contribution in [3.63, 3.8) is 0 Å². The lowest BCUT2D eigenvalue weighted by Crippen LogP contribution is -2.59. The number of benzene rings is 1. The van der Waals surface area contributed by atoms with Crippen molar-refractivity contribution in [2.45, 2.75) is 133 Å². The van der Waals surface area contributed by atoms with Crippen LogP contribution in [0, 0.1) is 17.3 Å². The van der Waals surface area contributed by atoms with Crippen LogP contribution < -0.4 is 15.4 Å². The van der Waals surface area contributed by atoms with Crippen molar-refractivity contribution in [2.24, 2.45) is 17.3 Å². The summed E-state index contributed by atoms with van der Waals surface area (Å²) in [5, 5.41) is 5.00. The van der Waals surface area contributed by atoms with Gasteiger partial charge in [-0.25, -0.2) is 18.0 Å². The minimum absolute atomic E-state index is 0.0534. The minimum atomic E-state index is -3.90. The smallest absolute Gasteiger partial charge is 0.410 e. The lowest BCUT2D eigenvalue weighted by atomic mass is 9.83. The van der Waals surface area contributed by atoms with Gasteiger partial charge in [-0.2, -0.15) is 0 Å². The standard InChI is InChI=1S/C39H53N5O9S/c1-4-27-19-39(27,35(47)42-54(50,51)29-15-16-29)41-33(45)31-18-28-21-44(31)34(46)32(25-10-6-5-7-11-25)40-36(48)52-23-38(2,3)17-9-14-24-12-8-13-26-20-43(22-30(24)26)37(49)53-28/h4,8,12-13,25,27-29,31-32H,1,5-7,9-11,14-23H2,2-3H3,(H,40,48)(H,41,45)(H,42,47)/t27-,28-,31+,32+,39+/m1/s1. The van der Waals surface area contributed by atoms with Gasteiger partial charge < -0.3 is 25.0 Å². The van der Waals surface area contributed by atoms with Gasteiger partial charge in [0, 0.05) is 25.4 Å². The highest BCUT2D eigenvalue weighted by Crippen LogP contribution is 2.45. The number of hydrogen-bond acceptors (Lipinski definition) is 9. The minimum Gasteiger partial charge on any atom is -0.449 e. The van der Waals surface area contributed by atoms with Crippen LogP contribution >= 0.6 is 0 Å².